The second-order valence-corrected chi connectivity index (χ2v) is 8.69. The van der Waals surface area contributed by atoms with Crippen LogP contribution in [-0.2, 0) is 10.0 Å². The molecule has 1 aliphatic heterocycles. The molecule has 1 aromatic rings. The van der Waals surface area contributed by atoms with E-state index in [-0.39, 0.29) is 6.04 Å². The molecule has 2 rings (SSSR count). The number of likely N-dealkylation sites (N-methyl/N-ethyl adjacent to an activating group) is 1. The normalized spacial score (nSPS) is 22.2. The van der Waals surface area contributed by atoms with Gasteiger partial charge < -0.3 is 5.32 Å². The monoisotopic (exact) mass is 338 g/mol. The molecule has 0 saturated carbocycles. The van der Waals surface area contributed by atoms with Crippen molar-refractivity contribution in [1.29, 1.82) is 0 Å². The lowest BCUT2D eigenvalue weighted by Gasteiger charge is -2.14. The molecule has 1 atom stereocenters. The Morgan fingerprint density at radius 1 is 1.59 bits per heavy atom. The Bertz CT molecular complexity index is 493. The first-order valence-corrected chi connectivity index (χ1v) is 8.43. The second kappa shape index (κ2) is 4.97. The van der Waals surface area contributed by atoms with E-state index >= 15 is 0 Å². The van der Waals surface area contributed by atoms with Crippen molar-refractivity contribution in [1.82, 2.24) is 9.62 Å². The van der Waals surface area contributed by atoms with Gasteiger partial charge in [0.2, 0.25) is 0 Å². The third-order valence-corrected chi connectivity index (χ3v) is 7.44. The summed E-state index contributed by atoms with van der Waals surface area (Å²) in [5.74, 6) is 0. The molecular formula is C10H15BrN2O2S2. The third kappa shape index (κ3) is 2.58. The van der Waals surface area contributed by atoms with Crippen molar-refractivity contribution < 1.29 is 8.42 Å². The summed E-state index contributed by atoms with van der Waals surface area (Å²) in [5.41, 5.74) is 0.970. The number of halogens is 1. The van der Waals surface area contributed by atoms with E-state index in [4.69, 9.17) is 0 Å². The van der Waals surface area contributed by atoms with Crippen LogP contribution in [0.1, 0.15) is 12.0 Å². The van der Waals surface area contributed by atoms with Gasteiger partial charge in [0, 0.05) is 19.1 Å². The molecule has 1 aromatic heterocycles. The molecule has 7 heteroatoms. The van der Waals surface area contributed by atoms with Gasteiger partial charge in [-0.3, -0.25) is 0 Å². The number of nitrogens with zero attached hydrogens (tertiary/aromatic N) is 1. The predicted octanol–water partition coefficient (Wildman–Crippen LogP) is 1.80. The van der Waals surface area contributed by atoms with Crippen molar-refractivity contribution in [2.24, 2.45) is 0 Å². The van der Waals surface area contributed by atoms with E-state index in [0.717, 1.165) is 15.8 Å². The fraction of sp³-hybridized carbons (Fsp3) is 0.600. The molecule has 1 saturated heterocycles. The average Bonchev–Trinajstić information content (AvgIpc) is 2.87. The second-order valence-electron chi connectivity index (χ2n) is 4.16. The Labute approximate surface area is 114 Å². The summed E-state index contributed by atoms with van der Waals surface area (Å²) in [6, 6.07) is 2.01. The Kier molecular flexibility index (Phi) is 3.94. The quantitative estimate of drug-likeness (QED) is 0.914. The summed E-state index contributed by atoms with van der Waals surface area (Å²) in [6.45, 7) is 3.07. The fourth-order valence-corrected chi connectivity index (χ4v) is 5.75. The predicted molar refractivity (Wildman–Crippen MR) is 73.0 cm³/mol. The molecule has 2 heterocycles. The molecule has 0 spiro atoms. The van der Waals surface area contributed by atoms with E-state index in [1.807, 2.05) is 14.0 Å². The van der Waals surface area contributed by atoms with Gasteiger partial charge in [0.05, 0.1) is 3.79 Å². The van der Waals surface area contributed by atoms with E-state index in [0.29, 0.717) is 17.3 Å². The van der Waals surface area contributed by atoms with Crippen LogP contribution >= 0.6 is 27.3 Å². The fourth-order valence-electron chi connectivity index (χ4n) is 1.87. The number of hydrogen-bond donors (Lipinski definition) is 1. The lowest BCUT2D eigenvalue weighted by atomic mass is 10.3. The topological polar surface area (TPSA) is 49.4 Å². The van der Waals surface area contributed by atoms with Crippen LogP contribution in [0.3, 0.4) is 0 Å². The zero-order chi connectivity index (χ0) is 12.6. The molecule has 0 bridgehead atoms. The van der Waals surface area contributed by atoms with Crippen molar-refractivity contribution in [3.63, 3.8) is 0 Å². The summed E-state index contributed by atoms with van der Waals surface area (Å²) in [6.07, 6.45) is 0.876. The minimum atomic E-state index is -3.30. The highest BCUT2D eigenvalue weighted by molar-refractivity contribution is 9.11. The zero-order valence-corrected chi connectivity index (χ0v) is 13.0. The SMILES string of the molecule is CNC1CCN(S(=O)(=O)c2cc(C)c(Br)s2)C1. The third-order valence-electron chi connectivity index (χ3n) is 2.99. The first-order valence-electron chi connectivity index (χ1n) is 5.38. The maximum Gasteiger partial charge on any atom is 0.252 e. The van der Waals surface area contributed by atoms with Gasteiger partial charge in [-0.15, -0.1) is 11.3 Å². The van der Waals surface area contributed by atoms with Crippen LogP contribution in [0.2, 0.25) is 0 Å². The van der Waals surface area contributed by atoms with Crippen molar-refractivity contribution in [2.45, 2.75) is 23.6 Å². The van der Waals surface area contributed by atoms with Crippen LogP contribution in [0.4, 0.5) is 0 Å². The van der Waals surface area contributed by atoms with E-state index in [9.17, 15) is 8.42 Å². The van der Waals surface area contributed by atoms with Crippen LogP contribution in [0.25, 0.3) is 0 Å². The van der Waals surface area contributed by atoms with Gasteiger partial charge >= 0.3 is 0 Å². The van der Waals surface area contributed by atoms with Crippen molar-refractivity contribution in [3.8, 4) is 0 Å². The Balaban J connectivity index is 2.25. The van der Waals surface area contributed by atoms with E-state index in [1.165, 1.54) is 11.3 Å². The van der Waals surface area contributed by atoms with Crippen LogP contribution in [0.15, 0.2) is 14.1 Å². The van der Waals surface area contributed by atoms with Gasteiger partial charge in [-0.05, 0) is 48.0 Å². The Morgan fingerprint density at radius 2 is 2.29 bits per heavy atom. The highest BCUT2D eigenvalue weighted by Gasteiger charge is 2.33. The van der Waals surface area contributed by atoms with E-state index in [2.05, 4.69) is 21.2 Å². The van der Waals surface area contributed by atoms with E-state index in [1.54, 1.807) is 10.4 Å². The number of thiophene rings is 1. The van der Waals surface area contributed by atoms with Gasteiger partial charge in [0.1, 0.15) is 4.21 Å². The minimum absolute atomic E-state index is 0.272. The Hall–Kier alpha value is 0.0500. The molecule has 1 unspecified atom stereocenters. The van der Waals surface area contributed by atoms with E-state index < -0.39 is 10.0 Å². The van der Waals surface area contributed by atoms with Crippen molar-refractivity contribution >= 4 is 37.3 Å². The molecule has 1 fully saturated rings. The molecule has 4 nitrogen and oxygen atoms in total. The van der Waals surface area contributed by atoms with Crippen LogP contribution < -0.4 is 5.32 Å². The summed E-state index contributed by atoms with van der Waals surface area (Å²) in [4.78, 5) is 0. The number of sulfonamides is 1. The standard InChI is InChI=1S/C10H15BrN2O2S2/c1-7-5-9(16-10(7)11)17(14,15)13-4-3-8(6-13)12-2/h5,8,12H,3-4,6H2,1-2H3. The van der Waals surface area contributed by atoms with Gasteiger partial charge in [-0.25, -0.2) is 8.42 Å². The average molecular weight is 339 g/mol. The van der Waals surface area contributed by atoms with Gasteiger partial charge in [-0.2, -0.15) is 4.31 Å². The molecular weight excluding hydrogens is 324 g/mol. The largest absolute Gasteiger partial charge is 0.316 e. The maximum absolute atomic E-state index is 12.3. The highest BCUT2D eigenvalue weighted by atomic mass is 79.9. The summed E-state index contributed by atoms with van der Waals surface area (Å²) in [5, 5.41) is 3.12. The summed E-state index contributed by atoms with van der Waals surface area (Å²) in [7, 11) is -1.43. The van der Waals surface area contributed by atoms with Crippen LogP contribution in [0, 0.1) is 6.92 Å². The van der Waals surface area contributed by atoms with Crippen molar-refractivity contribution in [3.05, 3.63) is 15.4 Å². The molecule has 96 valence electrons. The summed E-state index contributed by atoms with van der Waals surface area (Å²) >= 11 is 4.65. The number of rotatable bonds is 3. The van der Waals surface area contributed by atoms with Crippen molar-refractivity contribution in [2.75, 3.05) is 20.1 Å². The first kappa shape index (κ1) is 13.5. The number of nitrogens with one attached hydrogen (secondary N) is 1. The van der Waals surface area contributed by atoms with Crippen LogP contribution in [0.5, 0.6) is 0 Å². The van der Waals surface area contributed by atoms with Gasteiger partial charge in [0.25, 0.3) is 10.0 Å². The summed E-state index contributed by atoms with van der Waals surface area (Å²) < 4.78 is 27.6. The Morgan fingerprint density at radius 3 is 2.76 bits per heavy atom. The minimum Gasteiger partial charge on any atom is -0.316 e. The number of hydrogen-bond acceptors (Lipinski definition) is 4. The van der Waals surface area contributed by atoms with Gasteiger partial charge in [0.15, 0.2) is 0 Å². The molecule has 1 aliphatic rings. The molecule has 0 radical (unpaired) electrons. The lowest BCUT2D eigenvalue weighted by molar-refractivity contribution is 0.466. The highest BCUT2D eigenvalue weighted by Crippen LogP contribution is 2.33. The maximum atomic E-state index is 12.3. The molecule has 1 N–H and O–H groups in total. The van der Waals surface area contributed by atoms with Crippen LogP contribution in [-0.4, -0.2) is 38.9 Å². The molecule has 0 aromatic carbocycles. The first-order chi connectivity index (χ1) is 7.95. The molecule has 17 heavy (non-hydrogen) atoms. The smallest absolute Gasteiger partial charge is 0.252 e. The lowest BCUT2D eigenvalue weighted by Crippen LogP contribution is -2.33. The molecule has 0 amide bonds. The number of aryl methyl sites for hydroxylation is 1. The zero-order valence-electron chi connectivity index (χ0n) is 9.73. The molecule has 0 aliphatic carbocycles. The van der Waals surface area contributed by atoms with Gasteiger partial charge in [-0.1, -0.05) is 0 Å².